The van der Waals surface area contributed by atoms with Gasteiger partial charge in [0.15, 0.2) is 23.4 Å². The standard InChI is InChI=1S/C25H33NO8/c1-26-9-8-24-21-16-4-5-18(30-3)22(21)33-23(24)17(27)6-7-25(24,19(26)14-16)34-20(28)15-32-13-12-31-11-10-29-2/h4-5,19,23H,6-15H2,1-3H3/t19-,23?,24+,25?/m1/s1. The highest BCUT2D eigenvalue weighted by molar-refractivity contribution is 5.90. The van der Waals surface area contributed by atoms with E-state index in [4.69, 9.17) is 28.4 Å². The van der Waals surface area contributed by atoms with Crippen LogP contribution in [0.15, 0.2) is 12.1 Å². The van der Waals surface area contributed by atoms with Crippen LogP contribution in [-0.2, 0) is 40.4 Å². The van der Waals surface area contributed by atoms with Crippen molar-refractivity contribution >= 4 is 11.8 Å². The molecule has 0 radical (unpaired) electrons. The van der Waals surface area contributed by atoms with Crippen LogP contribution in [-0.4, -0.2) is 95.2 Å². The molecule has 1 spiro atoms. The molecular weight excluding hydrogens is 442 g/mol. The molecular formula is C25H33NO8. The molecule has 5 rings (SSSR count). The van der Waals surface area contributed by atoms with Crippen LogP contribution in [0.5, 0.6) is 11.5 Å². The van der Waals surface area contributed by atoms with Gasteiger partial charge in [-0.15, -0.1) is 0 Å². The lowest BCUT2D eigenvalue weighted by atomic mass is 9.49. The minimum Gasteiger partial charge on any atom is -0.493 e. The third kappa shape index (κ3) is 3.36. The lowest BCUT2D eigenvalue weighted by Gasteiger charge is -2.63. The third-order valence-electron chi connectivity index (χ3n) is 8.01. The summed E-state index contributed by atoms with van der Waals surface area (Å²) in [7, 11) is 5.29. The lowest BCUT2D eigenvalue weighted by Crippen LogP contribution is -2.77. The van der Waals surface area contributed by atoms with Gasteiger partial charge in [0.25, 0.3) is 0 Å². The first-order valence-electron chi connectivity index (χ1n) is 11.9. The fourth-order valence-corrected chi connectivity index (χ4v) is 6.61. The zero-order chi connectivity index (χ0) is 23.9. The molecule has 2 bridgehead atoms. The van der Waals surface area contributed by atoms with Gasteiger partial charge in [0.2, 0.25) is 0 Å². The minimum atomic E-state index is -0.863. The van der Waals surface area contributed by atoms with Gasteiger partial charge in [-0.2, -0.15) is 0 Å². The average molecular weight is 476 g/mol. The molecule has 1 aromatic carbocycles. The summed E-state index contributed by atoms with van der Waals surface area (Å²) in [6, 6.07) is 3.92. The molecule has 4 aliphatic rings. The number of benzene rings is 1. The summed E-state index contributed by atoms with van der Waals surface area (Å²) in [5.41, 5.74) is 0.560. The average Bonchev–Trinajstić information content (AvgIpc) is 3.19. The van der Waals surface area contributed by atoms with Crippen LogP contribution < -0.4 is 9.47 Å². The molecule has 2 heterocycles. The Bertz CT molecular complexity index is 966. The van der Waals surface area contributed by atoms with E-state index in [1.54, 1.807) is 14.2 Å². The molecule has 4 atom stereocenters. The van der Waals surface area contributed by atoms with E-state index in [-0.39, 0.29) is 25.0 Å². The van der Waals surface area contributed by atoms with Gasteiger partial charge in [-0.1, -0.05) is 6.07 Å². The van der Waals surface area contributed by atoms with Gasteiger partial charge in [0.1, 0.15) is 12.2 Å². The van der Waals surface area contributed by atoms with Crippen molar-refractivity contribution in [3.63, 3.8) is 0 Å². The van der Waals surface area contributed by atoms with Gasteiger partial charge in [0, 0.05) is 19.1 Å². The van der Waals surface area contributed by atoms with Crippen molar-refractivity contribution in [1.82, 2.24) is 4.90 Å². The van der Waals surface area contributed by atoms with Crippen LogP contribution in [0.25, 0.3) is 0 Å². The van der Waals surface area contributed by atoms with Crippen LogP contribution in [0.2, 0.25) is 0 Å². The van der Waals surface area contributed by atoms with Gasteiger partial charge < -0.3 is 28.4 Å². The van der Waals surface area contributed by atoms with E-state index in [1.807, 2.05) is 6.07 Å². The molecule has 186 valence electrons. The number of likely N-dealkylation sites (N-methyl/N-ethyl adjacent to an activating group) is 1. The van der Waals surface area contributed by atoms with E-state index in [1.165, 1.54) is 0 Å². The van der Waals surface area contributed by atoms with E-state index in [0.717, 1.165) is 24.1 Å². The second kappa shape index (κ2) is 9.11. The Hall–Kier alpha value is -2.20. The van der Waals surface area contributed by atoms with Gasteiger partial charge in [-0.25, -0.2) is 4.79 Å². The molecule has 0 aromatic heterocycles. The SMILES string of the molecule is COCCOCCOCC(=O)OC12CCC(=O)C3Oc4c(OC)ccc5c4[C@@]31CCN(C)[C@@H]2C5. The number of carbonyl (C=O) groups excluding carboxylic acids is 2. The minimum absolute atomic E-state index is 0.0476. The summed E-state index contributed by atoms with van der Waals surface area (Å²) in [4.78, 5) is 28.5. The summed E-state index contributed by atoms with van der Waals surface area (Å²) >= 11 is 0. The summed E-state index contributed by atoms with van der Waals surface area (Å²) in [6.07, 6.45) is 1.50. The van der Waals surface area contributed by atoms with E-state index < -0.39 is 23.1 Å². The first-order valence-corrected chi connectivity index (χ1v) is 11.9. The molecule has 2 fully saturated rings. The summed E-state index contributed by atoms with van der Waals surface area (Å²) < 4.78 is 34.2. The second-order valence-electron chi connectivity index (χ2n) is 9.54. The molecule has 0 amide bonds. The van der Waals surface area contributed by atoms with Crippen molar-refractivity contribution in [2.45, 2.75) is 48.8 Å². The van der Waals surface area contributed by atoms with E-state index in [2.05, 4.69) is 18.0 Å². The van der Waals surface area contributed by atoms with Crippen LogP contribution in [0.1, 0.15) is 30.4 Å². The highest BCUT2D eigenvalue weighted by Crippen LogP contribution is 2.65. The topological polar surface area (TPSA) is 92.8 Å². The summed E-state index contributed by atoms with van der Waals surface area (Å²) in [5.74, 6) is 0.882. The van der Waals surface area contributed by atoms with Crippen molar-refractivity contribution in [1.29, 1.82) is 0 Å². The maximum atomic E-state index is 13.2. The highest BCUT2D eigenvalue weighted by Gasteiger charge is 2.75. The maximum Gasteiger partial charge on any atom is 0.332 e. The number of piperidine rings is 1. The first kappa shape index (κ1) is 23.5. The van der Waals surface area contributed by atoms with Crippen molar-refractivity contribution in [3.8, 4) is 11.5 Å². The van der Waals surface area contributed by atoms with E-state index in [9.17, 15) is 9.59 Å². The molecule has 2 aliphatic heterocycles. The monoisotopic (exact) mass is 475 g/mol. The number of ether oxygens (including phenoxy) is 6. The summed E-state index contributed by atoms with van der Waals surface area (Å²) in [6.45, 7) is 2.27. The summed E-state index contributed by atoms with van der Waals surface area (Å²) in [5, 5.41) is 0. The number of hydrogen-bond donors (Lipinski definition) is 0. The molecule has 1 saturated carbocycles. The number of ketones is 1. The number of Topliss-reactive ketones (excluding diaryl/α,β-unsaturated/α-hetero) is 1. The van der Waals surface area contributed by atoms with Crippen LogP contribution in [0.4, 0.5) is 0 Å². The zero-order valence-electron chi connectivity index (χ0n) is 20.1. The maximum absolute atomic E-state index is 13.2. The Morgan fingerprint density at radius 1 is 1.15 bits per heavy atom. The first-order chi connectivity index (χ1) is 16.5. The van der Waals surface area contributed by atoms with E-state index in [0.29, 0.717) is 50.6 Å². The van der Waals surface area contributed by atoms with Gasteiger partial charge in [-0.05, 0) is 44.5 Å². The fraction of sp³-hybridized carbons (Fsp3) is 0.680. The number of hydrogen-bond acceptors (Lipinski definition) is 9. The normalized spacial score (nSPS) is 31.1. The van der Waals surface area contributed by atoms with Crippen LogP contribution in [0.3, 0.4) is 0 Å². The molecule has 2 aliphatic carbocycles. The molecule has 9 heteroatoms. The Morgan fingerprint density at radius 2 is 1.94 bits per heavy atom. The Balaban J connectivity index is 1.43. The van der Waals surface area contributed by atoms with Crippen molar-refractivity contribution in [3.05, 3.63) is 23.3 Å². The Kier molecular flexibility index (Phi) is 6.31. The molecule has 34 heavy (non-hydrogen) atoms. The zero-order valence-corrected chi connectivity index (χ0v) is 20.1. The third-order valence-corrected chi connectivity index (χ3v) is 8.01. The number of nitrogens with zero attached hydrogens (tertiary/aromatic N) is 1. The van der Waals surface area contributed by atoms with Crippen molar-refractivity contribution in [2.75, 3.05) is 60.8 Å². The predicted molar refractivity (Wildman–Crippen MR) is 120 cm³/mol. The quantitative estimate of drug-likeness (QED) is 0.366. The van der Waals surface area contributed by atoms with Crippen molar-refractivity contribution in [2.24, 2.45) is 0 Å². The highest BCUT2D eigenvalue weighted by atomic mass is 16.6. The molecule has 0 N–H and O–H groups in total. The fourth-order valence-electron chi connectivity index (χ4n) is 6.61. The number of methoxy groups -OCH3 is 2. The van der Waals surface area contributed by atoms with Gasteiger partial charge >= 0.3 is 5.97 Å². The molecule has 9 nitrogen and oxygen atoms in total. The number of carbonyl (C=O) groups is 2. The van der Waals surface area contributed by atoms with Gasteiger partial charge in [0.05, 0.1) is 45.0 Å². The smallest absolute Gasteiger partial charge is 0.332 e. The van der Waals surface area contributed by atoms with Crippen molar-refractivity contribution < 1.29 is 38.0 Å². The number of esters is 1. The molecule has 2 unspecified atom stereocenters. The van der Waals surface area contributed by atoms with E-state index >= 15 is 0 Å². The lowest BCUT2D eigenvalue weighted by molar-refractivity contribution is -0.216. The Morgan fingerprint density at radius 3 is 2.74 bits per heavy atom. The number of likely N-dealkylation sites (tertiary alicyclic amines) is 1. The molecule has 1 saturated heterocycles. The predicted octanol–water partition coefficient (Wildman–Crippen LogP) is 1.28. The number of rotatable bonds is 10. The van der Waals surface area contributed by atoms with Crippen LogP contribution >= 0.6 is 0 Å². The largest absolute Gasteiger partial charge is 0.493 e. The Labute approximate surface area is 199 Å². The second-order valence-corrected chi connectivity index (χ2v) is 9.54. The molecule has 1 aromatic rings. The van der Waals surface area contributed by atoms with Gasteiger partial charge in [-0.3, -0.25) is 9.69 Å². The van der Waals surface area contributed by atoms with Crippen LogP contribution in [0, 0.1) is 0 Å².